The standard InChI is InChI=1S/C6H6N4O.C4H10/c1-10-3-9-5-4(10)6(11)8-2-7-5;1-4(2)3/h2-3H,1H3,(H,7,8,11);4H,1-3H3/i2D,3D;. The van der Waals surface area contributed by atoms with Crippen molar-refractivity contribution in [3.63, 3.8) is 0 Å². The van der Waals surface area contributed by atoms with Gasteiger partial charge in [-0.2, -0.15) is 0 Å². The molecule has 2 aromatic rings. The number of rotatable bonds is 0. The van der Waals surface area contributed by atoms with E-state index in [1.165, 1.54) is 4.57 Å². The highest BCUT2D eigenvalue weighted by atomic mass is 16.1. The SMILES string of the molecule is CC(C)C.[2H]c1nc2nc([2H])n(C)c2c(=O)[nH]1. The van der Waals surface area contributed by atoms with E-state index >= 15 is 0 Å². The van der Waals surface area contributed by atoms with E-state index in [0.717, 1.165) is 5.92 Å². The first-order valence-electron chi connectivity index (χ1n) is 5.73. The van der Waals surface area contributed by atoms with Gasteiger partial charge in [0, 0.05) is 7.05 Å². The molecular formula is C10H16N4O. The smallest absolute Gasteiger partial charge is 0.276 e. The van der Waals surface area contributed by atoms with Crippen LogP contribution in [0.4, 0.5) is 0 Å². The zero-order valence-electron chi connectivity index (χ0n) is 11.3. The lowest BCUT2D eigenvalue weighted by atomic mass is 10.3. The van der Waals surface area contributed by atoms with E-state index in [1.54, 1.807) is 7.05 Å². The van der Waals surface area contributed by atoms with Crippen LogP contribution >= 0.6 is 0 Å². The number of hydrogen-bond donors (Lipinski definition) is 1. The molecular weight excluding hydrogens is 192 g/mol. The number of aromatic nitrogens is 4. The minimum atomic E-state index is -0.441. The van der Waals surface area contributed by atoms with Crippen molar-refractivity contribution < 1.29 is 2.74 Å². The normalized spacial score (nSPS) is 12.1. The number of fused-ring (bicyclic) bond motifs is 1. The Balaban J connectivity index is 0.000000317. The number of imidazole rings is 1. The molecule has 0 saturated carbocycles. The van der Waals surface area contributed by atoms with E-state index in [4.69, 9.17) is 2.74 Å². The van der Waals surface area contributed by atoms with Crippen LogP contribution in [0.1, 0.15) is 23.5 Å². The summed E-state index contributed by atoms with van der Waals surface area (Å²) in [7, 11) is 1.55. The average molecular weight is 210 g/mol. The molecule has 5 nitrogen and oxygen atoms in total. The molecule has 2 aromatic heterocycles. The number of aromatic amines is 1. The van der Waals surface area contributed by atoms with Gasteiger partial charge in [0.05, 0.1) is 12.6 Å². The first kappa shape index (κ1) is 8.64. The summed E-state index contributed by atoms with van der Waals surface area (Å²) in [5.41, 5.74) is -0.0780. The van der Waals surface area contributed by atoms with Crippen LogP contribution in [0, 0.1) is 5.92 Å². The van der Waals surface area contributed by atoms with E-state index in [-0.39, 0.29) is 23.8 Å². The maximum Gasteiger partial charge on any atom is 0.276 e. The van der Waals surface area contributed by atoms with Crippen molar-refractivity contribution in [3.8, 4) is 0 Å². The maximum atomic E-state index is 11.3. The second-order valence-corrected chi connectivity index (χ2v) is 3.85. The predicted molar refractivity (Wildman–Crippen MR) is 59.6 cm³/mol. The quantitative estimate of drug-likeness (QED) is 0.713. The molecule has 1 N–H and O–H groups in total. The lowest BCUT2D eigenvalue weighted by molar-refractivity contribution is 0.737. The lowest BCUT2D eigenvalue weighted by Gasteiger charge is -1.88. The fourth-order valence-corrected chi connectivity index (χ4v) is 0.898. The summed E-state index contributed by atoms with van der Waals surface area (Å²) < 4.78 is 15.8. The molecule has 0 aliphatic rings. The van der Waals surface area contributed by atoms with Gasteiger partial charge in [-0.25, -0.2) is 9.97 Å². The molecule has 0 fully saturated rings. The van der Waals surface area contributed by atoms with Crippen LogP contribution in [0.3, 0.4) is 0 Å². The molecule has 0 aliphatic carbocycles. The van der Waals surface area contributed by atoms with Gasteiger partial charge in [-0.3, -0.25) is 4.79 Å². The second-order valence-electron chi connectivity index (χ2n) is 3.85. The first-order valence-corrected chi connectivity index (χ1v) is 4.73. The Labute approximate surface area is 91.0 Å². The number of hydrogen-bond acceptors (Lipinski definition) is 3. The van der Waals surface area contributed by atoms with Gasteiger partial charge in [0.2, 0.25) is 0 Å². The summed E-state index contributed by atoms with van der Waals surface area (Å²) in [6, 6.07) is 0. The molecule has 0 saturated heterocycles. The van der Waals surface area contributed by atoms with Gasteiger partial charge in [-0.15, -0.1) is 0 Å². The van der Waals surface area contributed by atoms with Crippen molar-refractivity contribution in [3.05, 3.63) is 23.0 Å². The highest BCUT2D eigenvalue weighted by Crippen LogP contribution is 1.99. The van der Waals surface area contributed by atoms with Gasteiger partial charge in [-0.1, -0.05) is 20.8 Å². The number of aryl methyl sites for hydroxylation is 1. The fourth-order valence-electron chi connectivity index (χ4n) is 0.898. The maximum absolute atomic E-state index is 11.3. The minimum absolute atomic E-state index is 0.0430. The van der Waals surface area contributed by atoms with Crippen molar-refractivity contribution in [2.45, 2.75) is 20.8 Å². The van der Waals surface area contributed by atoms with Crippen LogP contribution in [-0.2, 0) is 7.05 Å². The molecule has 0 aliphatic heterocycles. The van der Waals surface area contributed by atoms with Gasteiger partial charge < -0.3 is 9.55 Å². The third kappa shape index (κ3) is 2.90. The van der Waals surface area contributed by atoms with Crippen LogP contribution in [0.2, 0.25) is 0 Å². The monoisotopic (exact) mass is 210 g/mol. The molecule has 0 unspecified atom stereocenters. The summed E-state index contributed by atoms with van der Waals surface area (Å²) >= 11 is 0. The van der Waals surface area contributed by atoms with Crippen LogP contribution in [0.15, 0.2) is 17.4 Å². The van der Waals surface area contributed by atoms with Crippen LogP contribution < -0.4 is 5.56 Å². The molecule has 0 spiro atoms. The molecule has 0 aromatic carbocycles. The number of nitrogens with one attached hydrogen (secondary N) is 1. The van der Waals surface area contributed by atoms with Gasteiger partial charge in [-0.05, 0) is 5.92 Å². The molecule has 0 atom stereocenters. The Morgan fingerprint density at radius 2 is 2.07 bits per heavy atom. The Hall–Kier alpha value is -1.65. The average Bonchev–Trinajstić information content (AvgIpc) is 2.40. The molecule has 2 heterocycles. The third-order valence-corrected chi connectivity index (χ3v) is 1.40. The molecule has 82 valence electrons. The molecule has 15 heavy (non-hydrogen) atoms. The van der Waals surface area contributed by atoms with Gasteiger partial charge >= 0.3 is 0 Å². The summed E-state index contributed by atoms with van der Waals surface area (Å²) in [5, 5.41) is 0. The Kier molecular flexibility index (Phi) is 2.72. The van der Waals surface area contributed by atoms with Gasteiger partial charge in [0.1, 0.15) is 2.74 Å². The summed E-state index contributed by atoms with van der Waals surface area (Å²) in [4.78, 5) is 20.9. The van der Waals surface area contributed by atoms with Crippen LogP contribution in [-0.4, -0.2) is 19.5 Å². The largest absolute Gasteiger partial charge is 0.328 e. The van der Waals surface area contributed by atoms with E-state index < -0.39 is 5.56 Å². The van der Waals surface area contributed by atoms with E-state index in [0.29, 0.717) is 0 Å². The number of H-pyrrole nitrogens is 1. The van der Waals surface area contributed by atoms with Crippen molar-refractivity contribution in [1.29, 1.82) is 0 Å². The Morgan fingerprint density at radius 1 is 1.47 bits per heavy atom. The zero-order valence-corrected chi connectivity index (χ0v) is 9.33. The van der Waals surface area contributed by atoms with Crippen molar-refractivity contribution >= 4 is 11.2 Å². The van der Waals surface area contributed by atoms with Gasteiger partial charge in [0.25, 0.3) is 5.56 Å². The topological polar surface area (TPSA) is 63.6 Å². The van der Waals surface area contributed by atoms with E-state index in [2.05, 4.69) is 35.7 Å². The second kappa shape index (κ2) is 4.72. The molecule has 0 bridgehead atoms. The highest BCUT2D eigenvalue weighted by Gasteiger charge is 2.02. The van der Waals surface area contributed by atoms with Crippen molar-refractivity contribution in [2.24, 2.45) is 13.0 Å². The van der Waals surface area contributed by atoms with E-state index in [1.807, 2.05) is 0 Å². The molecule has 0 radical (unpaired) electrons. The summed E-state index contributed by atoms with van der Waals surface area (Å²) in [6.07, 6.45) is -0.283. The zero-order chi connectivity index (χ0) is 13.2. The van der Waals surface area contributed by atoms with E-state index in [9.17, 15) is 4.79 Å². The van der Waals surface area contributed by atoms with Crippen molar-refractivity contribution in [2.75, 3.05) is 0 Å². The first-order chi connectivity index (χ1) is 7.82. The lowest BCUT2D eigenvalue weighted by Crippen LogP contribution is -2.08. The highest BCUT2D eigenvalue weighted by molar-refractivity contribution is 5.68. The molecule has 0 amide bonds. The summed E-state index contributed by atoms with van der Waals surface area (Å²) in [6.45, 7) is 6.50. The van der Waals surface area contributed by atoms with Gasteiger partial charge in [0.15, 0.2) is 11.2 Å². The minimum Gasteiger partial charge on any atom is -0.328 e. The molecule has 2 rings (SSSR count). The van der Waals surface area contributed by atoms with Crippen LogP contribution in [0.25, 0.3) is 11.2 Å². The summed E-state index contributed by atoms with van der Waals surface area (Å²) in [5.74, 6) is 0.833. The Morgan fingerprint density at radius 3 is 2.67 bits per heavy atom. The third-order valence-electron chi connectivity index (χ3n) is 1.40. The predicted octanol–water partition coefficient (Wildman–Crippen LogP) is 1.32. The van der Waals surface area contributed by atoms with Crippen LogP contribution in [0.5, 0.6) is 0 Å². The fraction of sp³-hybridized carbons (Fsp3) is 0.500. The molecule has 5 heteroatoms. The number of nitrogens with zero attached hydrogens (tertiary/aromatic N) is 3. The Bertz CT molecular complexity index is 571. The van der Waals surface area contributed by atoms with Crippen molar-refractivity contribution in [1.82, 2.24) is 19.5 Å².